The molecule has 27 heavy (non-hydrogen) atoms. The lowest BCUT2D eigenvalue weighted by molar-refractivity contribution is -0.384. The number of nitrogens with zero attached hydrogens (tertiary/aromatic N) is 1. The lowest BCUT2D eigenvalue weighted by atomic mass is 9.95. The molecule has 1 amide bonds. The van der Waals surface area contributed by atoms with E-state index in [0.29, 0.717) is 17.8 Å². The van der Waals surface area contributed by atoms with Crippen molar-refractivity contribution in [1.82, 2.24) is 0 Å². The summed E-state index contributed by atoms with van der Waals surface area (Å²) in [7, 11) is 0. The molecule has 0 bridgehead atoms. The minimum atomic E-state index is -0.895. The van der Waals surface area contributed by atoms with Gasteiger partial charge in [-0.1, -0.05) is 19.3 Å². The van der Waals surface area contributed by atoms with Gasteiger partial charge < -0.3 is 16.4 Å². The number of nitrogens with one attached hydrogen (secondary N) is 2. The van der Waals surface area contributed by atoms with E-state index in [0.717, 1.165) is 24.6 Å². The molecule has 2 aromatic carbocycles. The van der Waals surface area contributed by atoms with E-state index in [-0.39, 0.29) is 11.3 Å². The SMILES string of the molecule is Nc1c(C(=O)Nc2ccc(NC3CCCCC3)cc2)cc(F)cc1[N+](=O)[O-]. The van der Waals surface area contributed by atoms with Gasteiger partial charge in [-0.3, -0.25) is 14.9 Å². The van der Waals surface area contributed by atoms with Crippen LogP contribution in [0.5, 0.6) is 0 Å². The van der Waals surface area contributed by atoms with Crippen LogP contribution in [0, 0.1) is 15.9 Å². The van der Waals surface area contributed by atoms with Gasteiger partial charge in [0, 0.05) is 17.4 Å². The molecule has 1 aliphatic carbocycles. The highest BCUT2D eigenvalue weighted by atomic mass is 19.1. The Labute approximate surface area is 155 Å². The highest BCUT2D eigenvalue weighted by Gasteiger charge is 2.22. The van der Waals surface area contributed by atoms with Gasteiger partial charge in [-0.15, -0.1) is 0 Å². The van der Waals surface area contributed by atoms with Crippen molar-refractivity contribution in [2.24, 2.45) is 0 Å². The van der Waals surface area contributed by atoms with E-state index < -0.39 is 22.3 Å². The lowest BCUT2D eigenvalue weighted by Crippen LogP contribution is -2.22. The molecule has 4 N–H and O–H groups in total. The Morgan fingerprint density at radius 2 is 1.74 bits per heavy atom. The molecule has 0 aliphatic heterocycles. The van der Waals surface area contributed by atoms with Crippen molar-refractivity contribution in [3.05, 3.63) is 57.9 Å². The number of anilines is 3. The normalized spacial score (nSPS) is 14.6. The Morgan fingerprint density at radius 3 is 2.37 bits per heavy atom. The summed E-state index contributed by atoms with van der Waals surface area (Å²) >= 11 is 0. The number of rotatable bonds is 5. The van der Waals surface area contributed by atoms with Crippen LogP contribution in [0.15, 0.2) is 36.4 Å². The van der Waals surface area contributed by atoms with Crippen LogP contribution >= 0.6 is 0 Å². The zero-order valence-corrected chi connectivity index (χ0v) is 14.7. The van der Waals surface area contributed by atoms with Gasteiger partial charge in [0.1, 0.15) is 11.5 Å². The molecule has 0 aromatic heterocycles. The van der Waals surface area contributed by atoms with E-state index >= 15 is 0 Å². The van der Waals surface area contributed by atoms with Crippen LogP contribution in [0.1, 0.15) is 42.5 Å². The second kappa shape index (κ2) is 8.03. The van der Waals surface area contributed by atoms with Crippen molar-refractivity contribution >= 4 is 28.7 Å². The number of nitro benzene ring substituents is 1. The Hall–Kier alpha value is -3.16. The van der Waals surface area contributed by atoms with E-state index in [1.165, 1.54) is 19.3 Å². The fraction of sp³-hybridized carbons (Fsp3) is 0.316. The molecule has 0 unspecified atom stereocenters. The predicted molar refractivity (Wildman–Crippen MR) is 102 cm³/mol. The molecule has 0 heterocycles. The molecular weight excluding hydrogens is 351 g/mol. The molecule has 7 nitrogen and oxygen atoms in total. The standard InChI is InChI=1S/C19H21FN4O3/c20-12-10-16(18(21)17(11-12)24(26)27)19(25)23-15-8-6-14(7-9-15)22-13-4-2-1-3-5-13/h6-11,13,22H,1-5,21H2,(H,23,25). The number of nitro groups is 1. The van der Waals surface area contributed by atoms with E-state index in [4.69, 9.17) is 5.73 Å². The van der Waals surface area contributed by atoms with Gasteiger partial charge in [0.05, 0.1) is 16.6 Å². The lowest BCUT2D eigenvalue weighted by Gasteiger charge is -2.23. The van der Waals surface area contributed by atoms with Gasteiger partial charge in [0.15, 0.2) is 0 Å². The third kappa shape index (κ3) is 4.52. The average molecular weight is 372 g/mol. The fourth-order valence-corrected chi connectivity index (χ4v) is 3.27. The van der Waals surface area contributed by atoms with Crippen molar-refractivity contribution in [1.29, 1.82) is 0 Å². The second-order valence-corrected chi connectivity index (χ2v) is 6.65. The van der Waals surface area contributed by atoms with Crippen molar-refractivity contribution in [3.63, 3.8) is 0 Å². The summed E-state index contributed by atoms with van der Waals surface area (Å²) in [5.41, 5.74) is 5.83. The van der Waals surface area contributed by atoms with Crippen LogP contribution in [0.3, 0.4) is 0 Å². The Kier molecular flexibility index (Phi) is 5.54. The van der Waals surface area contributed by atoms with Gasteiger partial charge in [-0.05, 0) is 43.2 Å². The number of hydrogen-bond donors (Lipinski definition) is 3. The van der Waals surface area contributed by atoms with Gasteiger partial charge in [0.25, 0.3) is 11.6 Å². The molecule has 1 aliphatic rings. The first-order valence-electron chi connectivity index (χ1n) is 8.85. The molecular formula is C19H21FN4O3. The number of benzene rings is 2. The third-order valence-electron chi connectivity index (χ3n) is 4.68. The maximum absolute atomic E-state index is 13.6. The summed E-state index contributed by atoms with van der Waals surface area (Å²) in [5, 5.41) is 17.0. The number of nitrogen functional groups attached to an aromatic ring is 1. The summed E-state index contributed by atoms with van der Waals surface area (Å²) in [6.45, 7) is 0. The summed E-state index contributed by atoms with van der Waals surface area (Å²) in [5.74, 6) is -1.60. The van der Waals surface area contributed by atoms with Crippen LogP contribution in [0.2, 0.25) is 0 Å². The van der Waals surface area contributed by atoms with Crippen LogP contribution < -0.4 is 16.4 Å². The molecule has 3 rings (SSSR count). The smallest absolute Gasteiger partial charge is 0.295 e. The Bertz CT molecular complexity index is 849. The average Bonchev–Trinajstić information content (AvgIpc) is 2.65. The van der Waals surface area contributed by atoms with Crippen molar-refractivity contribution in [3.8, 4) is 0 Å². The molecule has 2 aromatic rings. The molecule has 0 atom stereocenters. The van der Waals surface area contributed by atoms with Gasteiger partial charge >= 0.3 is 0 Å². The molecule has 8 heteroatoms. The zero-order valence-electron chi connectivity index (χ0n) is 14.7. The Morgan fingerprint density at radius 1 is 1.11 bits per heavy atom. The Balaban J connectivity index is 1.70. The number of hydrogen-bond acceptors (Lipinski definition) is 5. The second-order valence-electron chi connectivity index (χ2n) is 6.65. The van der Waals surface area contributed by atoms with Crippen LogP contribution in [-0.2, 0) is 0 Å². The minimum absolute atomic E-state index is 0.272. The largest absolute Gasteiger partial charge is 0.393 e. The quantitative estimate of drug-likeness (QED) is 0.411. The van der Waals surface area contributed by atoms with Crippen molar-refractivity contribution in [2.45, 2.75) is 38.1 Å². The van der Waals surface area contributed by atoms with Gasteiger partial charge in [-0.2, -0.15) is 0 Å². The van der Waals surface area contributed by atoms with Crippen molar-refractivity contribution < 1.29 is 14.1 Å². The summed E-state index contributed by atoms with van der Waals surface area (Å²) in [4.78, 5) is 22.5. The van der Waals surface area contributed by atoms with Crippen LogP contribution in [0.4, 0.5) is 27.1 Å². The molecule has 1 saturated carbocycles. The summed E-state index contributed by atoms with van der Waals surface area (Å²) in [6, 6.07) is 9.17. The number of nitrogens with two attached hydrogens (primary N) is 1. The first-order valence-corrected chi connectivity index (χ1v) is 8.85. The summed E-state index contributed by atoms with van der Waals surface area (Å²) < 4.78 is 13.6. The first-order chi connectivity index (χ1) is 12.9. The van der Waals surface area contributed by atoms with E-state index in [1.807, 2.05) is 12.1 Å². The van der Waals surface area contributed by atoms with E-state index in [9.17, 15) is 19.3 Å². The number of amides is 1. The zero-order chi connectivity index (χ0) is 19.4. The number of carbonyl (C=O) groups excluding carboxylic acids is 1. The highest BCUT2D eigenvalue weighted by molar-refractivity contribution is 6.09. The predicted octanol–water partition coefficient (Wildman–Crippen LogP) is 4.31. The number of carbonyl (C=O) groups is 1. The van der Waals surface area contributed by atoms with Gasteiger partial charge in [0.2, 0.25) is 0 Å². The monoisotopic (exact) mass is 372 g/mol. The molecule has 0 saturated heterocycles. The van der Waals surface area contributed by atoms with E-state index in [1.54, 1.807) is 12.1 Å². The highest BCUT2D eigenvalue weighted by Crippen LogP contribution is 2.28. The van der Waals surface area contributed by atoms with Gasteiger partial charge in [-0.25, -0.2) is 4.39 Å². The maximum Gasteiger partial charge on any atom is 0.295 e. The molecule has 142 valence electrons. The molecule has 0 spiro atoms. The maximum atomic E-state index is 13.6. The number of halogens is 1. The van der Waals surface area contributed by atoms with Crippen molar-refractivity contribution in [2.75, 3.05) is 16.4 Å². The molecule has 1 fully saturated rings. The minimum Gasteiger partial charge on any atom is -0.393 e. The topological polar surface area (TPSA) is 110 Å². The first kappa shape index (κ1) is 18.6. The molecule has 0 radical (unpaired) electrons. The fourth-order valence-electron chi connectivity index (χ4n) is 3.27. The third-order valence-corrected chi connectivity index (χ3v) is 4.68. The van der Waals surface area contributed by atoms with E-state index in [2.05, 4.69) is 10.6 Å². The summed E-state index contributed by atoms with van der Waals surface area (Å²) in [6.07, 6.45) is 6.04. The van der Waals surface area contributed by atoms with Crippen LogP contribution in [-0.4, -0.2) is 16.9 Å². The van der Waals surface area contributed by atoms with Crippen LogP contribution in [0.25, 0.3) is 0 Å².